The van der Waals surface area contributed by atoms with E-state index in [4.69, 9.17) is 5.73 Å². The summed E-state index contributed by atoms with van der Waals surface area (Å²) >= 11 is 0. The van der Waals surface area contributed by atoms with Crippen LogP contribution in [-0.4, -0.2) is 18.0 Å². The molecule has 3 rings (SSSR count). The van der Waals surface area contributed by atoms with Crippen LogP contribution in [-0.2, 0) is 6.54 Å². The molecule has 1 aliphatic rings. The summed E-state index contributed by atoms with van der Waals surface area (Å²) < 4.78 is 0. The Balaban J connectivity index is 1.72. The molecule has 0 saturated carbocycles. The molecule has 1 saturated heterocycles. The first-order chi connectivity index (χ1) is 10.1. The maximum atomic E-state index is 6.25. The molecule has 2 heteroatoms. The van der Waals surface area contributed by atoms with Crippen LogP contribution >= 0.6 is 0 Å². The topological polar surface area (TPSA) is 29.3 Å². The predicted molar refractivity (Wildman–Crippen MR) is 91.2 cm³/mol. The summed E-state index contributed by atoms with van der Waals surface area (Å²) in [5.41, 5.74) is 8.46. The van der Waals surface area contributed by atoms with Crippen LogP contribution in [0, 0.1) is 11.8 Å². The second-order valence-electron chi connectivity index (χ2n) is 6.76. The van der Waals surface area contributed by atoms with Crippen molar-refractivity contribution in [1.82, 2.24) is 4.90 Å². The van der Waals surface area contributed by atoms with Crippen molar-refractivity contribution < 1.29 is 0 Å². The first kappa shape index (κ1) is 14.4. The van der Waals surface area contributed by atoms with Gasteiger partial charge in [0.15, 0.2) is 0 Å². The molecular weight excluding hydrogens is 256 g/mol. The number of nitrogens with two attached hydrogens (primary N) is 1. The fourth-order valence-electron chi connectivity index (χ4n) is 3.46. The standard InChI is InChI=1S/C19H26N2/c1-14(2)15-7-9-21(10-8-15)13-18-11-16-5-3-4-6-17(16)12-19(18)20/h3-6,11-12,14-15H,7-10,13,20H2,1-2H3. The highest BCUT2D eigenvalue weighted by molar-refractivity contribution is 5.86. The Labute approximate surface area is 127 Å². The van der Waals surface area contributed by atoms with Gasteiger partial charge in [0.25, 0.3) is 0 Å². The smallest absolute Gasteiger partial charge is 0.0366 e. The number of rotatable bonds is 3. The molecule has 1 heterocycles. The monoisotopic (exact) mass is 282 g/mol. The molecule has 2 nitrogen and oxygen atoms in total. The summed E-state index contributed by atoms with van der Waals surface area (Å²) in [5.74, 6) is 1.72. The summed E-state index contributed by atoms with van der Waals surface area (Å²) in [5, 5.41) is 2.52. The number of piperidine rings is 1. The van der Waals surface area contributed by atoms with E-state index in [1.807, 2.05) is 0 Å². The van der Waals surface area contributed by atoms with Gasteiger partial charge in [0.05, 0.1) is 0 Å². The molecule has 1 aliphatic heterocycles. The van der Waals surface area contributed by atoms with Crippen molar-refractivity contribution in [3.05, 3.63) is 42.0 Å². The van der Waals surface area contributed by atoms with Gasteiger partial charge in [-0.2, -0.15) is 0 Å². The van der Waals surface area contributed by atoms with E-state index in [2.05, 4.69) is 55.1 Å². The van der Waals surface area contributed by atoms with Crippen molar-refractivity contribution in [1.29, 1.82) is 0 Å². The van der Waals surface area contributed by atoms with E-state index in [0.717, 1.165) is 24.1 Å². The molecule has 2 aromatic carbocycles. The number of likely N-dealkylation sites (tertiary alicyclic amines) is 1. The molecule has 21 heavy (non-hydrogen) atoms. The minimum atomic E-state index is 0.817. The Morgan fingerprint density at radius 3 is 2.33 bits per heavy atom. The number of nitrogen functional groups attached to an aromatic ring is 1. The molecule has 0 amide bonds. The van der Waals surface area contributed by atoms with E-state index in [-0.39, 0.29) is 0 Å². The van der Waals surface area contributed by atoms with Crippen LogP contribution < -0.4 is 5.73 Å². The average molecular weight is 282 g/mol. The lowest BCUT2D eigenvalue weighted by Gasteiger charge is -2.34. The zero-order valence-electron chi connectivity index (χ0n) is 13.2. The number of nitrogens with zero attached hydrogens (tertiary/aromatic N) is 1. The molecule has 2 aromatic rings. The number of fused-ring (bicyclic) bond motifs is 1. The lowest BCUT2D eigenvalue weighted by Crippen LogP contribution is -2.34. The lowest BCUT2D eigenvalue weighted by molar-refractivity contribution is 0.152. The molecule has 0 radical (unpaired) electrons. The largest absolute Gasteiger partial charge is 0.398 e. The van der Waals surface area contributed by atoms with Gasteiger partial charge in [-0.05, 0) is 66.2 Å². The van der Waals surface area contributed by atoms with Crippen LogP contribution in [0.25, 0.3) is 10.8 Å². The van der Waals surface area contributed by atoms with Crippen molar-refractivity contribution in [3.8, 4) is 0 Å². The van der Waals surface area contributed by atoms with Crippen molar-refractivity contribution in [3.63, 3.8) is 0 Å². The van der Waals surface area contributed by atoms with Gasteiger partial charge in [0, 0.05) is 12.2 Å². The first-order valence-corrected chi connectivity index (χ1v) is 8.13. The summed E-state index contributed by atoms with van der Waals surface area (Å²) in [4.78, 5) is 2.55. The van der Waals surface area contributed by atoms with E-state index in [1.54, 1.807) is 0 Å². The maximum Gasteiger partial charge on any atom is 0.0366 e. The fourth-order valence-corrected chi connectivity index (χ4v) is 3.46. The number of anilines is 1. The average Bonchev–Trinajstić information content (AvgIpc) is 2.48. The molecule has 0 unspecified atom stereocenters. The quantitative estimate of drug-likeness (QED) is 0.851. The number of benzene rings is 2. The zero-order chi connectivity index (χ0) is 14.8. The Morgan fingerprint density at radius 2 is 1.71 bits per heavy atom. The third kappa shape index (κ3) is 3.21. The van der Waals surface area contributed by atoms with E-state index in [9.17, 15) is 0 Å². The van der Waals surface area contributed by atoms with Gasteiger partial charge < -0.3 is 5.73 Å². The molecule has 0 aliphatic carbocycles. The van der Waals surface area contributed by atoms with Crippen LogP contribution in [0.1, 0.15) is 32.3 Å². The second-order valence-corrected chi connectivity index (χ2v) is 6.76. The van der Waals surface area contributed by atoms with E-state index in [0.29, 0.717) is 0 Å². The molecule has 0 bridgehead atoms. The molecule has 0 spiro atoms. The molecule has 1 fully saturated rings. The molecule has 2 N–H and O–H groups in total. The zero-order valence-corrected chi connectivity index (χ0v) is 13.2. The minimum Gasteiger partial charge on any atom is -0.398 e. The van der Waals surface area contributed by atoms with Gasteiger partial charge >= 0.3 is 0 Å². The van der Waals surface area contributed by atoms with Crippen molar-refractivity contribution in [2.24, 2.45) is 11.8 Å². The molecule has 0 atom stereocenters. The Morgan fingerprint density at radius 1 is 1.10 bits per heavy atom. The van der Waals surface area contributed by atoms with Gasteiger partial charge in [-0.3, -0.25) is 4.90 Å². The van der Waals surface area contributed by atoms with Gasteiger partial charge in [-0.1, -0.05) is 38.1 Å². The van der Waals surface area contributed by atoms with Gasteiger partial charge in [-0.15, -0.1) is 0 Å². The van der Waals surface area contributed by atoms with Crippen LogP contribution in [0.2, 0.25) is 0 Å². The minimum absolute atomic E-state index is 0.817. The summed E-state index contributed by atoms with van der Waals surface area (Å²) in [6.45, 7) is 8.09. The maximum absolute atomic E-state index is 6.25. The third-order valence-electron chi connectivity index (χ3n) is 4.98. The normalized spacial score (nSPS) is 17.7. The second kappa shape index (κ2) is 6.07. The first-order valence-electron chi connectivity index (χ1n) is 8.13. The van der Waals surface area contributed by atoms with Crippen LogP contribution in [0.5, 0.6) is 0 Å². The molecule has 112 valence electrons. The Kier molecular flexibility index (Phi) is 4.16. The van der Waals surface area contributed by atoms with Gasteiger partial charge in [-0.25, -0.2) is 0 Å². The molecule has 0 aromatic heterocycles. The van der Waals surface area contributed by atoms with Gasteiger partial charge in [0.1, 0.15) is 0 Å². The highest BCUT2D eigenvalue weighted by Gasteiger charge is 2.21. The van der Waals surface area contributed by atoms with Crippen molar-refractivity contribution in [2.75, 3.05) is 18.8 Å². The van der Waals surface area contributed by atoms with E-state index in [1.165, 1.54) is 42.3 Å². The highest BCUT2D eigenvalue weighted by atomic mass is 15.1. The van der Waals surface area contributed by atoms with E-state index < -0.39 is 0 Å². The van der Waals surface area contributed by atoms with Crippen LogP contribution in [0.4, 0.5) is 5.69 Å². The van der Waals surface area contributed by atoms with Crippen molar-refractivity contribution in [2.45, 2.75) is 33.2 Å². The predicted octanol–water partition coefficient (Wildman–Crippen LogP) is 4.29. The third-order valence-corrected chi connectivity index (χ3v) is 4.98. The van der Waals surface area contributed by atoms with Crippen LogP contribution in [0.15, 0.2) is 36.4 Å². The Bertz CT molecular complexity index is 610. The summed E-state index contributed by atoms with van der Waals surface area (Å²) in [7, 11) is 0. The summed E-state index contributed by atoms with van der Waals surface area (Å²) in [6, 6.07) is 12.8. The SMILES string of the molecule is CC(C)C1CCN(Cc2cc3ccccc3cc2N)CC1. The van der Waals surface area contributed by atoms with Gasteiger partial charge in [0.2, 0.25) is 0 Å². The highest BCUT2D eigenvalue weighted by Crippen LogP contribution is 2.27. The van der Waals surface area contributed by atoms with Crippen LogP contribution in [0.3, 0.4) is 0 Å². The number of hydrogen-bond donors (Lipinski definition) is 1. The van der Waals surface area contributed by atoms with E-state index >= 15 is 0 Å². The summed E-state index contributed by atoms with van der Waals surface area (Å²) in [6.07, 6.45) is 2.65. The fraction of sp³-hybridized carbons (Fsp3) is 0.474. The van der Waals surface area contributed by atoms with Crippen molar-refractivity contribution >= 4 is 16.5 Å². The number of hydrogen-bond acceptors (Lipinski definition) is 2. The lowest BCUT2D eigenvalue weighted by atomic mass is 9.86. The molecular formula is C19H26N2. The Hall–Kier alpha value is -1.54.